The monoisotopic (exact) mass is 447 g/mol. The summed E-state index contributed by atoms with van der Waals surface area (Å²) in [6, 6.07) is 16.0. The number of fused-ring (bicyclic) bond motifs is 1. The number of non-ortho nitro benzene ring substituents is 1. The molecule has 0 spiro atoms. The van der Waals surface area contributed by atoms with Crippen molar-refractivity contribution in [3.05, 3.63) is 96.7 Å². The van der Waals surface area contributed by atoms with Crippen molar-refractivity contribution >= 4 is 29.0 Å². The van der Waals surface area contributed by atoms with Gasteiger partial charge in [-0.15, -0.1) is 0 Å². The number of aromatic amines is 1. The van der Waals surface area contributed by atoms with Crippen molar-refractivity contribution in [3.8, 4) is 0 Å². The summed E-state index contributed by atoms with van der Waals surface area (Å²) in [5.74, 6) is 0.284. The van der Waals surface area contributed by atoms with E-state index < -0.39 is 16.2 Å². The Balaban J connectivity index is 1.64. The van der Waals surface area contributed by atoms with Gasteiger partial charge < -0.3 is 4.57 Å². The lowest BCUT2D eigenvalue weighted by atomic mass is 10.1. The van der Waals surface area contributed by atoms with Gasteiger partial charge in [0, 0.05) is 31.3 Å². The van der Waals surface area contributed by atoms with Crippen LogP contribution in [0, 0.1) is 10.1 Å². The number of nitrogens with zero attached hydrogens (tertiary/aromatic N) is 5. The first-order valence-corrected chi connectivity index (χ1v) is 10.2. The number of aryl methyl sites for hydroxylation is 3. The van der Waals surface area contributed by atoms with Crippen molar-refractivity contribution in [3.63, 3.8) is 0 Å². The first kappa shape index (κ1) is 21.7. The minimum atomic E-state index is -0.562. The van der Waals surface area contributed by atoms with Crippen LogP contribution in [0.1, 0.15) is 17.5 Å². The summed E-state index contributed by atoms with van der Waals surface area (Å²) in [6.45, 7) is 0.460. The number of rotatable bonds is 8. The highest BCUT2D eigenvalue weighted by molar-refractivity contribution is 5.81. The lowest BCUT2D eigenvalue weighted by molar-refractivity contribution is -0.384. The Morgan fingerprint density at radius 1 is 1.18 bits per heavy atom. The third-order valence-electron chi connectivity index (χ3n) is 5.16. The van der Waals surface area contributed by atoms with Crippen LogP contribution in [-0.4, -0.2) is 30.2 Å². The largest absolute Gasteiger partial charge is 0.329 e. The zero-order valence-electron chi connectivity index (χ0n) is 17.8. The van der Waals surface area contributed by atoms with Crippen LogP contribution in [0.5, 0.6) is 0 Å². The fourth-order valence-corrected chi connectivity index (χ4v) is 3.51. The van der Waals surface area contributed by atoms with Crippen LogP contribution >= 0.6 is 0 Å². The number of hydrazone groups is 1. The number of anilines is 1. The predicted molar refractivity (Wildman–Crippen MR) is 125 cm³/mol. The average Bonchev–Trinajstić information content (AvgIpc) is 3.17. The molecule has 11 nitrogen and oxygen atoms in total. The normalized spacial score (nSPS) is 11.3. The highest BCUT2D eigenvalue weighted by Crippen LogP contribution is 2.17. The van der Waals surface area contributed by atoms with E-state index in [-0.39, 0.29) is 22.8 Å². The standard InChI is InChI=1S/C22H21N7O4/c1-27-19-18(20(30)25-22(27)31)28(12-6-10-15-7-3-2-4-8-15)21(24-19)26-23-14-16-9-5-11-17(13-16)29(32)33/h2-5,7-9,11,13-14H,6,10,12H2,1H3,(H,24,26)(H,25,30,31). The second-order valence-corrected chi connectivity index (χ2v) is 7.39. The number of hydrogen-bond donors (Lipinski definition) is 2. The van der Waals surface area contributed by atoms with Crippen LogP contribution < -0.4 is 16.7 Å². The molecule has 0 saturated carbocycles. The topological polar surface area (TPSA) is 140 Å². The molecule has 2 heterocycles. The van der Waals surface area contributed by atoms with Crippen LogP contribution in [0.4, 0.5) is 11.6 Å². The molecule has 11 heteroatoms. The predicted octanol–water partition coefficient (Wildman–Crippen LogP) is 2.41. The van der Waals surface area contributed by atoms with Crippen molar-refractivity contribution in [2.24, 2.45) is 12.1 Å². The second kappa shape index (κ2) is 9.30. The fourth-order valence-electron chi connectivity index (χ4n) is 3.51. The lowest BCUT2D eigenvalue weighted by Gasteiger charge is -2.08. The number of nitro benzene ring substituents is 1. The molecule has 4 aromatic rings. The van der Waals surface area contributed by atoms with Gasteiger partial charge in [-0.25, -0.2) is 10.2 Å². The number of nitrogens with one attached hydrogen (secondary N) is 2. The summed E-state index contributed by atoms with van der Waals surface area (Å²) >= 11 is 0. The number of hydrogen-bond acceptors (Lipinski definition) is 7. The van der Waals surface area contributed by atoms with Crippen molar-refractivity contribution < 1.29 is 4.92 Å². The molecule has 0 fully saturated rings. The van der Waals surface area contributed by atoms with E-state index in [4.69, 9.17) is 0 Å². The molecule has 0 radical (unpaired) electrons. The molecule has 2 N–H and O–H groups in total. The van der Waals surface area contributed by atoms with E-state index in [2.05, 4.69) is 20.5 Å². The third-order valence-corrected chi connectivity index (χ3v) is 5.16. The van der Waals surface area contributed by atoms with Gasteiger partial charge >= 0.3 is 5.69 Å². The molecule has 0 aliphatic heterocycles. The van der Waals surface area contributed by atoms with Crippen molar-refractivity contribution in [1.82, 2.24) is 19.1 Å². The Labute approximate surface area is 187 Å². The summed E-state index contributed by atoms with van der Waals surface area (Å²) in [5.41, 5.74) is 3.85. The van der Waals surface area contributed by atoms with E-state index >= 15 is 0 Å². The van der Waals surface area contributed by atoms with E-state index in [0.29, 0.717) is 12.1 Å². The molecule has 0 aliphatic rings. The number of aromatic nitrogens is 4. The fraction of sp³-hybridized carbons (Fsp3) is 0.182. The van der Waals surface area contributed by atoms with Gasteiger partial charge in [-0.05, 0) is 18.4 Å². The van der Waals surface area contributed by atoms with E-state index in [0.717, 1.165) is 12.8 Å². The van der Waals surface area contributed by atoms with Crippen LogP contribution in [0.2, 0.25) is 0 Å². The quantitative estimate of drug-likeness (QED) is 0.241. The molecule has 2 aromatic carbocycles. The summed E-state index contributed by atoms with van der Waals surface area (Å²) < 4.78 is 2.95. The van der Waals surface area contributed by atoms with Crippen LogP contribution in [0.15, 0.2) is 69.3 Å². The van der Waals surface area contributed by atoms with Crippen LogP contribution in [0.25, 0.3) is 11.2 Å². The average molecular weight is 447 g/mol. The minimum absolute atomic E-state index is 0.0476. The van der Waals surface area contributed by atoms with Gasteiger partial charge in [0.1, 0.15) is 0 Å². The Morgan fingerprint density at radius 3 is 2.73 bits per heavy atom. The van der Waals surface area contributed by atoms with E-state index in [1.165, 1.54) is 35.5 Å². The zero-order chi connectivity index (χ0) is 23.4. The van der Waals surface area contributed by atoms with Gasteiger partial charge in [-0.2, -0.15) is 10.1 Å². The molecule has 0 saturated heterocycles. The molecule has 0 bridgehead atoms. The summed E-state index contributed by atoms with van der Waals surface area (Å²) in [4.78, 5) is 41.8. The molecule has 2 aromatic heterocycles. The molecular weight excluding hydrogens is 426 g/mol. The van der Waals surface area contributed by atoms with Crippen LogP contribution in [-0.2, 0) is 20.0 Å². The lowest BCUT2D eigenvalue weighted by Crippen LogP contribution is -2.29. The van der Waals surface area contributed by atoms with E-state index in [1.54, 1.807) is 16.7 Å². The first-order valence-electron chi connectivity index (χ1n) is 10.2. The van der Waals surface area contributed by atoms with Crippen molar-refractivity contribution in [2.45, 2.75) is 19.4 Å². The molecule has 4 rings (SSSR count). The van der Waals surface area contributed by atoms with Gasteiger partial charge in [-0.1, -0.05) is 42.5 Å². The van der Waals surface area contributed by atoms with Gasteiger partial charge in [-0.3, -0.25) is 24.5 Å². The van der Waals surface area contributed by atoms with Crippen molar-refractivity contribution in [1.29, 1.82) is 0 Å². The number of nitro groups is 1. The maximum Gasteiger partial charge on any atom is 0.329 e. The SMILES string of the molecule is Cn1c(=O)[nH]c(=O)c2c1nc(NN=Cc1cccc([N+](=O)[O-])c1)n2CCCc1ccccc1. The molecule has 0 aliphatic carbocycles. The minimum Gasteiger partial charge on any atom is -0.303 e. The first-order chi connectivity index (χ1) is 15.9. The third kappa shape index (κ3) is 4.71. The van der Waals surface area contributed by atoms with Gasteiger partial charge in [0.25, 0.3) is 11.2 Å². The van der Waals surface area contributed by atoms with E-state index in [1.807, 2.05) is 30.3 Å². The Morgan fingerprint density at radius 2 is 1.97 bits per heavy atom. The molecular formula is C22H21N7O4. The number of imidazole rings is 1. The van der Waals surface area contributed by atoms with E-state index in [9.17, 15) is 19.7 Å². The zero-order valence-corrected chi connectivity index (χ0v) is 17.8. The summed E-state index contributed by atoms with van der Waals surface area (Å²) in [6.07, 6.45) is 2.94. The molecule has 168 valence electrons. The Hall–Kier alpha value is -4.54. The van der Waals surface area contributed by atoms with Gasteiger partial charge in [0.2, 0.25) is 5.95 Å². The maximum atomic E-state index is 12.6. The Bertz CT molecular complexity index is 1450. The van der Waals surface area contributed by atoms with Gasteiger partial charge in [0.05, 0.1) is 11.1 Å². The van der Waals surface area contributed by atoms with Crippen molar-refractivity contribution in [2.75, 3.05) is 5.43 Å². The molecule has 0 unspecified atom stereocenters. The molecule has 0 atom stereocenters. The second-order valence-electron chi connectivity index (χ2n) is 7.39. The summed E-state index contributed by atoms with van der Waals surface area (Å²) in [5, 5.41) is 15.1. The van der Waals surface area contributed by atoms with Gasteiger partial charge in [0.15, 0.2) is 11.2 Å². The Kier molecular flexibility index (Phi) is 6.11. The maximum absolute atomic E-state index is 12.6. The molecule has 0 amide bonds. The van der Waals surface area contributed by atoms with Crippen LogP contribution in [0.3, 0.4) is 0 Å². The molecule has 33 heavy (non-hydrogen) atoms. The number of H-pyrrole nitrogens is 1. The number of benzene rings is 2. The highest BCUT2D eigenvalue weighted by atomic mass is 16.6. The highest BCUT2D eigenvalue weighted by Gasteiger charge is 2.17. The smallest absolute Gasteiger partial charge is 0.303 e. The summed E-state index contributed by atoms with van der Waals surface area (Å²) in [7, 11) is 1.53.